The van der Waals surface area contributed by atoms with Crippen molar-refractivity contribution in [1.82, 2.24) is 0 Å². The van der Waals surface area contributed by atoms with Gasteiger partial charge in [-0.3, -0.25) is 4.79 Å². The van der Waals surface area contributed by atoms with Gasteiger partial charge in [-0.1, -0.05) is 0 Å². The molecule has 0 rings (SSSR count). The van der Waals surface area contributed by atoms with Crippen molar-refractivity contribution in [3.05, 3.63) is 0 Å². The molecule has 5 nitrogen and oxygen atoms in total. The third kappa shape index (κ3) is 3.57. The molecule has 0 saturated heterocycles. The molecule has 5 heteroatoms. The number of carbonyl (C=O) groups is 2. The van der Waals surface area contributed by atoms with Crippen LogP contribution in [0, 0.1) is 0 Å². The first-order valence-electron chi connectivity index (χ1n) is 2.94. The van der Waals surface area contributed by atoms with Gasteiger partial charge < -0.3 is 14.6 Å². The number of ether oxygens (including phenoxy) is 2. The molecular weight excluding hydrogens is 152 g/mol. The first-order valence-corrected chi connectivity index (χ1v) is 2.94. The van der Waals surface area contributed by atoms with Crippen LogP contribution in [0.4, 0.5) is 0 Å². The van der Waals surface area contributed by atoms with E-state index < -0.39 is 18.0 Å². The van der Waals surface area contributed by atoms with E-state index in [0.29, 0.717) is 0 Å². The maximum atomic E-state index is 10.5. The highest BCUT2D eigenvalue weighted by atomic mass is 16.5. The Bertz CT molecular complexity index is 153. The molecule has 0 aromatic rings. The van der Waals surface area contributed by atoms with Crippen molar-refractivity contribution in [2.75, 3.05) is 14.2 Å². The van der Waals surface area contributed by atoms with Crippen molar-refractivity contribution < 1.29 is 24.2 Å². The molecule has 0 spiro atoms. The molecule has 0 bridgehead atoms. The number of hydrogen-bond donors (Lipinski definition) is 1. The monoisotopic (exact) mass is 162 g/mol. The normalized spacial score (nSPS) is 12.2. The summed E-state index contributed by atoms with van der Waals surface area (Å²) in [6.45, 7) is 0. The predicted molar refractivity (Wildman–Crippen MR) is 35.1 cm³/mol. The van der Waals surface area contributed by atoms with Crippen molar-refractivity contribution in [3.63, 3.8) is 0 Å². The summed E-state index contributed by atoms with van der Waals surface area (Å²) in [6, 6.07) is 0. The number of methoxy groups -OCH3 is 2. The number of rotatable bonds is 4. The maximum Gasteiger partial charge on any atom is 0.333 e. The predicted octanol–water partition coefficient (Wildman–Crippen LogP) is -0.351. The van der Waals surface area contributed by atoms with Crippen molar-refractivity contribution in [1.29, 1.82) is 0 Å². The van der Waals surface area contributed by atoms with Crippen molar-refractivity contribution >= 4 is 11.9 Å². The average molecular weight is 162 g/mol. The summed E-state index contributed by atoms with van der Waals surface area (Å²) in [6.07, 6.45) is -1.37. The van der Waals surface area contributed by atoms with E-state index in [1.54, 1.807) is 0 Å². The van der Waals surface area contributed by atoms with Gasteiger partial charge in [0.1, 0.15) is 0 Å². The van der Waals surface area contributed by atoms with Crippen LogP contribution in [0.25, 0.3) is 0 Å². The Morgan fingerprint density at radius 1 is 1.45 bits per heavy atom. The van der Waals surface area contributed by atoms with Gasteiger partial charge in [-0.15, -0.1) is 0 Å². The highest BCUT2D eigenvalue weighted by Crippen LogP contribution is 1.98. The molecule has 0 radical (unpaired) electrons. The van der Waals surface area contributed by atoms with Gasteiger partial charge in [0, 0.05) is 7.11 Å². The van der Waals surface area contributed by atoms with E-state index >= 15 is 0 Å². The van der Waals surface area contributed by atoms with E-state index in [9.17, 15) is 9.59 Å². The molecule has 1 unspecified atom stereocenters. The standard InChI is InChI=1S/C6H10O5/c1-10-4(6(8)9)3-5(7)11-2/h4H,3H2,1-2H3,(H,8,9). The van der Waals surface area contributed by atoms with Crippen LogP contribution < -0.4 is 0 Å². The average Bonchev–Trinajstić information content (AvgIpc) is 1.99. The van der Waals surface area contributed by atoms with Gasteiger partial charge >= 0.3 is 11.9 Å². The topological polar surface area (TPSA) is 72.8 Å². The molecule has 0 aliphatic rings. The van der Waals surface area contributed by atoms with E-state index in [0.717, 1.165) is 0 Å². The van der Waals surface area contributed by atoms with E-state index in [2.05, 4.69) is 9.47 Å². The fourth-order valence-electron chi connectivity index (χ4n) is 0.506. The summed E-state index contributed by atoms with van der Waals surface area (Å²) < 4.78 is 8.73. The number of carboxylic acids is 1. The summed E-state index contributed by atoms with van der Waals surface area (Å²) in [5, 5.41) is 8.38. The van der Waals surface area contributed by atoms with Gasteiger partial charge in [0.25, 0.3) is 0 Å². The van der Waals surface area contributed by atoms with Crippen LogP contribution in [0.1, 0.15) is 6.42 Å². The Balaban J connectivity index is 3.88. The lowest BCUT2D eigenvalue weighted by Gasteiger charge is -2.07. The Morgan fingerprint density at radius 3 is 2.27 bits per heavy atom. The Labute approximate surface area is 63.9 Å². The van der Waals surface area contributed by atoms with Crippen molar-refractivity contribution in [2.45, 2.75) is 12.5 Å². The summed E-state index contributed by atoms with van der Waals surface area (Å²) in [5.41, 5.74) is 0. The van der Waals surface area contributed by atoms with E-state index in [1.165, 1.54) is 14.2 Å². The van der Waals surface area contributed by atoms with Crippen molar-refractivity contribution in [2.24, 2.45) is 0 Å². The number of aliphatic carboxylic acids is 1. The first kappa shape index (κ1) is 9.90. The van der Waals surface area contributed by atoms with Crippen LogP contribution >= 0.6 is 0 Å². The number of hydrogen-bond acceptors (Lipinski definition) is 4. The zero-order valence-electron chi connectivity index (χ0n) is 6.36. The van der Waals surface area contributed by atoms with Gasteiger partial charge in [0.05, 0.1) is 13.5 Å². The molecule has 0 aliphatic heterocycles. The number of esters is 1. The molecule has 0 amide bonds. The Morgan fingerprint density at radius 2 is 2.00 bits per heavy atom. The number of carbonyl (C=O) groups excluding carboxylic acids is 1. The lowest BCUT2D eigenvalue weighted by atomic mass is 10.2. The summed E-state index contributed by atoms with van der Waals surface area (Å²) in [4.78, 5) is 20.8. The van der Waals surface area contributed by atoms with Crippen LogP contribution in [0.5, 0.6) is 0 Å². The summed E-state index contributed by atoms with van der Waals surface area (Å²) >= 11 is 0. The summed E-state index contributed by atoms with van der Waals surface area (Å²) in [5.74, 6) is -1.77. The first-order chi connectivity index (χ1) is 5.11. The molecule has 0 saturated carbocycles. The largest absolute Gasteiger partial charge is 0.479 e. The van der Waals surface area contributed by atoms with Crippen LogP contribution in [0.15, 0.2) is 0 Å². The van der Waals surface area contributed by atoms with E-state index in [-0.39, 0.29) is 6.42 Å². The second-order valence-corrected chi connectivity index (χ2v) is 1.84. The van der Waals surface area contributed by atoms with Gasteiger partial charge in [-0.2, -0.15) is 0 Å². The summed E-state index contributed by atoms with van der Waals surface area (Å²) in [7, 11) is 2.42. The fourth-order valence-corrected chi connectivity index (χ4v) is 0.506. The minimum atomic E-state index is -1.17. The van der Waals surface area contributed by atoms with Gasteiger partial charge in [0.15, 0.2) is 6.10 Å². The number of carboxylic acid groups (broad SMARTS) is 1. The lowest BCUT2D eigenvalue weighted by Crippen LogP contribution is -2.26. The second-order valence-electron chi connectivity index (χ2n) is 1.84. The highest BCUT2D eigenvalue weighted by molar-refractivity contribution is 5.80. The van der Waals surface area contributed by atoms with Crippen LogP contribution in [0.3, 0.4) is 0 Å². The highest BCUT2D eigenvalue weighted by Gasteiger charge is 2.20. The molecule has 1 N–H and O–H groups in total. The second kappa shape index (κ2) is 4.68. The molecule has 1 atom stereocenters. The SMILES string of the molecule is COC(=O)CC(OC)C(=O)O. The van der Waals surface area contributed by atoms with E-state index in [4.69, 9.17) is 5.11 Å². The third-order valence-corrected chi connectivity index (χ3v) is 1.14. The third-order valence-electron chi connectivity index (χ3n) is 1.14. The Hall–Kier alpha value is -1.10. The molecule has 0 heterocycles. The molecular formula is C6H10O5. The van der Waals surface area contributed by atoms with E-state index in [1.807, 2.05) is 0 Å². The van der Waals surface area contributed by atoms with Gasteiger partial charge in [0.2, 0.25) is 0 Å². The zero-order chi connectivity index (χ0) is 8.85. The maximum absolute atomic E-state index is 10.5. The zero-order valence-corrected chi connectivity index (χ0v) is 6.36. The minimum Gasteiger partial charge on any atom is -0.479 e. The molecule has 0 aromatic carbocycles. The lowest BCUT2D eigenvalue weighted by molar-refractivity contribution is -0.156. The van der Waals surface area contributed by atoms with Crippen LogP contribution in [-0.4, -0.2) is 37.4 Å². The Kier molecular flexibility index (Phi) is 4.21. The quantitative estimate of drug-likeness (QED) is 0.572. The van der Waals surface area contributed by atoms with Crippen molar-refractivity contribution in [3.8, 4) is 0 Å². The van der Waals surface area contributed by atoms with Crippen LogP contribution in [0.2, 0.25) is 0 Å². The molecule has 11 heavy (non-hydrogen) atoms. The molecule has 64 valence electrons. The molecule has 0 aromatic heterocycles. The van der Waals surface area contributed by atoms with Crippen LogP contribution in [-0.2, 0) is 19.1 Å². The molecule has 0 aliphatic carbocycles. The van der Waals surface area contributed by atoms with Gasteiger partial charge in [-0.05, 0) is 0 Å². The van der Waals surface area contributed by atoms with Gasteiger partial charge in [-0.25, -0.2) is 4.79 Å². The smallest absolute Gasteiger partial charge is 0.333 e. The minimum absolute atomic E-state index is 0.262. The molecule has 0 fully saturated rings. The fraction of sp³-hybridized carbons (Fsp3) is 0.667.